The predicted octanol–water partition coefficient (Wildman–Crippen LogP) is 4.59. The van der Waals surface area contributed by atoms with Gasteiger partial charge in [0.15, 0.2) is 0 Å². The van der Waals surface area contributed by atoms with E-state index in [9.17, 15) is 9.59 Å². The van der Waals surface area contributed by atoms with Gasteiger partial charge in [-0.25, -0.2) is 9.59 Å². The van der Waals surface area contributed by atoms with Crippen LogP contribution < -0.4 is 10.6 Å². The van der Waals surface area contributed by atoms with E-state index in [2.05, 4.69) is 10.6 Å². The van der Waals surface area contributed by atoms with Gasteiger partial charge in [-0.15, -0.1) is 0 Å². The van der Waals surface area contributed by atoms with E-state index >= 15 is 0 Å². The zero-order chi connectivity index (χ0) is 17.6. The van der Waals surface area contributed by atoms with E-state index in [1.807, 2.05) is 6.07 Å². The Hall–Kier alpha value is -2.47. The molecular weight excluding hydrogens is 344 g/mol. The molecule has 7 heteroatoms. The van der Waals surface area contributed by atoms with Crippen molar-refractivity contribution in [3.63, 3.8) is 0 Å². The molecule has 1 aliphatic carbocycles. The average Bonchev–Trinajstić information content (AvgIpc) is 3.07. The Morgan fingerprint density at radius 3 is 2.60 bits per heavy atom. The zero-order valence-corrected chi connectivity index (χ0v) is 14.2. The summed E-state index contributed by atoms with van der Waals surface area (Å²) in [4.78, 5) is 23.4. The van der Waals surface area contributed by atoms with E-state index < -0.39 is 11.5 Å². The van der Waals surface area contributed by atoms with E-state index in [4.69, 9.17) is 21.1 Å². The zero-order valence-electron chi connectivity index (χ0n) is 13.4. The first kappa shape index (κ1) is 16.0. The van der Waals surface area contributed by atoms with Gasteiger partial charge in [0.2, 0.25) is 5.76 Å². The number of nitrogens with one attached hydrogen (secondary N) is 2. The molecule has 3 N–H and O–H groups in total. The molecule has 2 heterocycles. The van der Waals surface area contributed by atoms with Crippen molar-refractivity contribution < 1.29 is 19.1 Å². The summed E-state index contributed by atoms with van der Waals surface area (Å²) in [5, 5.41) is 15.5. The van der Waals surface area contributed by atoms with Crippen molar-refractivity contribution in [1.29, 1.82) is 0 Å². The van der Waals surface area contributed by atoms with Crippen molar-refractivity contribution in [1.82, 2.24) is 5.32 Å². The second-order valence-corrected chi connectivity index (χ2v) is 6.94. The van der Waals surface area contributed by atoms with Crippen molar-refractivity contribution in [2.75, 3.05) is 5.32 Å². The Morgan fingerprint density at radius 2 is 1.92 bits per heavy atom. The maximum absolute atomic E-state index is 12.2. The molecule has 1 fully saturated rings. The summed E-state index contributed by atoms with van der Waals surface area (Å²) in [6.45, 7) is 0. The van der Waals surface area contributed by atoms with Crippen LogP contribution in [0.5, 0.6) is 0 Å². The Kier molecular flexibility index (Phi) is 3.72. The van der Waals surface area contributed by atoms with Gasteiger partial charge < -0.3 is 20.2 Å². The number of aromatic carboxylic acids is 1. The molecule has 0 unspecified atom stereocenters. The van der Waals surface area contributed by atoms with E-state index in [1.54, 1.807) is 12.1 Å². The number of urea groups is 1. The van der Waals surface area contributed by atoms with E-state index in [-0.39, 0.29) is 11.8 Å². The lowest BCUT2D eigenvalue weighted by atomic mass is 9.73. The number of carbonyl (C=O) groups is 2. The van der Waals surface area contributed by atoms with Gasteiger partial charge in [0, 0.05) is 11.1 Å². The molecule has 1 aromatic carbocycles. The SMILES string of the molecule is O=C1Nc2c(Cl)ccc(-c3ccc(C(=O)O)o3)c2C2(CCCCC2)N1. The van der Waals surface area contributed by atoms with Gasteiger partial charge in [-0.2, -0.15) is 0 Å². The predicted molar refractivity (Wildman–Crippen MR) is 93.0 cm³/mol. The number of hydrogen-bond donors (Lipinski definition) is 3. The van der Waals surface area contributed by atoms with E-state index in [0.29, 0.717) is 16.5 Å². The summed E-state index contributed by atoms with van der Waals surface area (Å²) in [5.41, 5.74) is 1.71. The van der Waals surface area contributed by atoms with Crippen LogP contribution >= 0.6 is 11.6 Å². The average molecular weight is 361 g/mol. The summed E-state index contributed by atoms with van der Waals surface area (Å²) in [7, 11) is 0. The van der Waals surface area contributed by atoms with Crippen LogP contribution in [-0.2, 0) is 5.54 Å². The molecule has 1 aromatic heterocycles. The highest BCUT2D eigenvalue weighted by Crippen LogP contribution is 2.49. The van der Waals surface area contributed by atoms with E-state index in [0.717, 1.165) is 43.2 Å². The standard InChI is InChI=1S/C18H17ClN2O4/c19-11-5-4-10(12-6-7-13(25-12)16(22)23)14-15(11)20-17(24)21-18(14)8-2-1-3-9-18/h4-7H,1-3,8-9H2,(H,22,23)(H2,20,21,24). The van der Waals surface area contributed by atoms with Crippen molar-refractivity contribution in [3.05, 3.63) is 40.6 Å². The lowest BCUT2D eigenvalue weighted by Gasteiger charge is -2.43. The lowest BCUT2D eigenvalue weighted by molar-refractivity contribution is 0.0663. The second kappa shape index (κ2) is 5.81. The van der Waals surface area contributed by atoms with Crippen LogP contribution in [-0.4, -0.2) is 17.1 Å². The first-order valence-corrected chi connectivity index (χ1v) is 8.64. The molecule has 1 saturated carbocycles. The number of amides is 2. The smallest absolute Gasteiger partial charge is 0.371 e. The van der Waals surface area contributed by atoms with Gasteiger partial charge in [-0.05, 0) is 37.1 Å². The molecule has 0 radical (unpaired) electrons. The van der Waals surface area contributed by atoms with Crippen LogP contribution in [0.3, 0.4) is 0 Å². The number of anilines is 1. The molecule has 6 nitrogen and oxygen atoms in total. The van der Waals surface area contributed by atoms with Crippen LogP contribution in [0.15, 0.2) is 28.7 Å². The highest BCUT2D eigenvalue weighted by atomic mass is 35.5. The quantitative estimate of drug-likeness (QED) is 0.730. The normalized spacial score (nSPS) is 18.4. The monoisotopic (exact) mass is 360 g/mol. The molecular formula is C18H17ClN2O4. The number of fused-ring (bicyclic) bond motifs is 2. The van der Waals surface area contributed by atoms with Gasteiger partial charge in [0.25, 0.3) is 0 Å². The number of carboxylic acid groups (broad SMARTS) is 1. The third kappa shape index (κ3) is 2.57. The van der Waals surface area contributed by atoms with Crippen LogP contribution in [0, 0.1) is 0 Å². The summed E-state index contributed by atoms with van der Waals surface area (Å²) < 4.78 is 5.51. The Balaban J connectivity index is 1.93. The second-order valence-electron chi connectivity index (χ2n) is 6.54. The number of furan rings is 1. The summed E-state index contributed by atoms with van der Waals surface area (Å²) in [6.07, 6.45) is 4.76. The molecule has 2 aromatic rings. The molecule has 1 aliphatic heterocycles. The largest absolute Gasteiger partial charge is 0.475 e. The topological polar surface area (TPSA) is 91.6 Å². The maximum atomic E-state index is 12.2. The lowest BCUT2D eigenvalue weighted by Crippen LogP contribution is -2.53. The molecule has 0 saturated heterocycles. The number of halogens is 1. The summed E-state index contributed by atoms with van der Waals surface area (Å²) in [6, 6.07) is 6.32. The highest BCUT2D eigenvalue weighted by Gasteiger charge is 2.43. The first-order valence-electron chi connectivity index (χ1n) is 8.26. The summed E-state index contributed by atoms with van der Waals surface area (Å²) in [5.74, 6) is -0.787. The third-order valence-electron chi connectivity index (χ3n) is 5.01. The minimum absolute atomic E-state index is 0.121. The van der Waals surface area contributed by atoms with Crippen LogP contribution in [0.1, 0.15) is 48.2 Å². The minimum atomic E-state index is -1.12. The first-order chi connectivity index (χ1) is 12.0. The number of carbonyl (C=O) groups excluding carboxylic acids is 1. The molecule has 2 amide bonds. The van der Waals surface area contributed by atoms with Crippen LogP contribution in [0.4, 0.5) is 10.5 Å². The van der Waals surface area contributed by atoms with Crippen molar-refractivity contribution in [3.8, 4) is 11.3 Å². The van der Waals surface area contributed by atoms with Gasteiger partial charge in [-0.1, -0.05) is 30.9 Å². The van der Waals surface area contributed by atoms with Crippen molar-refractivity contribution in [2.45, 2.75) is 37.6 Å². The third-order valence-corrected chi connectivity index (χ3v) is 5.33. The number of carboxylic acids is 1. The number of rotatable bonds is 2. The molecule has 1 spiro atoms. The van der Waals surface area contributed by atoms with Gasteiger partial charge in [0.1, 0.15) is 5.76 Å². The van der Waals surface area contributed by atoms with Crippen LogP contribution in [0.2, 0.25) is 5.02 Å². The molecule has 0 bridgehead atoms. The highest BCUT2D eigenvalue weighted by molar-refractivity contribution is 6.34. The van der Waals surface area contributed by atoms with Crippen molar-refractivity contribution in [2.24, 2.45) is 0 Å². The fourth-order valence-electron chi connectivity index (χ4n) is 3.95. The van der Waals surface area contributed by atoms with Crippen LogP contribution in [0.25, 0.3) is 11.3 Å². The van der Waals surface area contributed by atoms with Crippen molar-refractivity contribution >= 4 is 29.3 Å². The Morgan fingerprint density at radius 1 is 1.16 bits per heavy atom. The minimum Gasteiger partial charge on any atom is -0.475 e. The Bertz CT molecular complexity index is 868. The molecule has 130 valence electrons. The van der Waals surface area contributed by atoms with E-state index in [1.165, 1.54) is 6.07 Å². The molecule has 0 atom stereocenters. The molecule has 25 heavy (non-hydrogen) atoms. The Labute approximate surface area is 149 Å². The van der Waals surface area contributed by atoms with Gasteiger partial charge >= 0.3 is 12.0 Å². The maximum Gasteiger partial charge on any atom is 0.371 e. The molecule has 2 aliphatic rings. The van der Waals surface area contributed by atoms with Gasteiger partial charge in [-0.3, -0.25) is 0 Å². The van der Waals surface area contributed by atoms with Gasteiger partial charge in [0.05, 0.1) is 16.2 Å². The number of benzene rings is 1. The fraction of sp³-hybridized carbons (Fsp3) is 0.333. The molecule has 4 rings (SSSR count). The fourth-order valence-corrected chi connectivity index (χ4v) is 4.16. The number of hydrogen-bond acceptors (Lipinski definition) is 3. The summed E-state index contributed by atoms with van der Waals surface area (Å²) >= 11 is 6.36.